The van der Waals surface area contributed by atoms with Crippen molar-refractivity contribution in [2.24, 2.45) is 0 Å². The van der Waals surface area contributed by atoms with Crippen LogP contribution < -0.4 is 15.0 Å². The number of nitrogens with zero attached hydrogens (tertiary/aromatic N) is 2. The maximum absolute atomic E-state index is 14.4. The molecule has 0 unspecified atom stereocenters. The topological polar surface area (TPSA) is 79.0 Å². The molecule has 1 fully saturated rings. The number of rotatable bonds is 6. The molecule has 2 aromatic carbocycles. The number of sulfonamides is 1. The summed E-state index contributed by atoms with van der Waals surface area (Å²) in [5.74, 6) is -1.57. The van der Waals surface area contributed by atoms with E-state index in [2.05, 4.69) is 5.32 Å². The summed E-state index contributed by atoms with van der Waals surface area (Å²) in [7, 11) is -2.38. The molecule has 2 heterocycles. The number of methoxy groups -OCH3 is 1. The van der Waals surface area contributed by atoms with Crippen LogP contribution in [0.5, 0.6) is 5.75 Å². The van der Waals surface area contributed by atoms with Crippen molar-refractivity contribution in [2.75, 3.05) is 43.5 Å². The van der Waals surface area contributed by atoms with Crippen molar-refractivity contribution in [3.8, 4) is 5.75 Å². The van der Waals surface area contributed by atoms with Gasteiger partial charge < -0.3 is 15.0 Å². The number of benzene rings is 2. The molecule has 1 amide bonds. The van der Waals surface area contributed by atoms with Gasteiger partial charge in [-0.05, 0) is 55.5 Å². The summed E-state index contributed by atoms with van der Waals surface area (Å²) in [6.45, 7) is 1.21. The van der Waals surface area contributed by atoms with E-state index < -0.39 is 27.6 Å². The van der Waals surface area contributed by atoms with Gasteiger partial charge in [-0.25, -0.2) is 17.2 Å². The van der Waals surface area contributed by atoms with Gasteiger partial charge in [0.05, 0.1) is 19.3 Å². The Kier molecular flexibility index (Phi) is 6.85. The Morgan fingerprint density at radius 3 is 2.55 bits per heavy atom. The SMILES string of the molecule is COc1ccc(NC(=O)CN2CCCc3cc(F)cc(F)c32)cc1S(=O)(=O)N1CCCCC1. The van der Waals surface area contributed by atoms with Crippen molar-refractivity contribution in [3.05, 3.63) is 47.5 Å². The molecule has 0 atom stereocenters. The molecule has 0 aliphatic carbocycles. The van der Waals surface area contributed by atoms with E-state index in [9.17, 15) is 22.0 Å². The summed E-state index contributed by atoms with van der Waals surface area (Å²) in [5, 5.41) is 2.70. The Bertz CT molecular complexity index is 1150. The highest BCUT2D eigenvalue weighted by molar-refractivity contribution is 7.89. The van der Waals surface area contributed by atoms with Gasteiger partial charge in [0, 0.05) is 31.4 Å². The van der Waals surface area contributed by atoms with Crippen LogP contribution in [0.15, 0.2) is 35.2 Å². The van der Waals surface area contributed by atoms with Gasteiger partial charge in [-0.3, -0.25) is 4.79 Å². The zero-order valence-corrected chi connectivity index (χ0v) is 19.3. The number of aryl methyl sites for hydroxylation is 1. The van der Waals surface area contributed by atoms with E-state index in [0.717, 1.165) is 25.3 Å². The van der Waals surface area contributed by atoms with E-state index in [0.29, 0.717) is 43.7 Å². The summed E-state index contributed by atoms with van der Waals surface area (Å²) < 4.78 is 61.0. The molecule has 0 aromatic heterocycles. The summed E-state index contributed by atoms with van der Waals surface area (Å²) >= 11 is 0. The van der Waals surface area contributed by atoms with E-state index in [4.69, 9.17) is 4.74 Å². The smallest absolute Gasteiger partial charge is 0.246 e. The van der Waals surface area contributed by atoms with Gasteiger partial charge in [0.2, 0.25) is 15.9 Å². The number of carbonyl (C=O) groups is 1. The van der Waals surface area contributed by atoms with Crippen molar-refractivity contribution in [3.63, 3.8) is 0 Å². The molecule has 2 aliphatic heterocycles. The molecule has 0 radical (unpaired) electrons. The Morgan fingerprint density at radius 2 is 1.82 bits per heavy atom. The van der Waals surface area contributed by atoms with E-state index in [-0.39, 0.29) is 22.9 Å². The van der Waals surface area contributed by atoms with Crippen LogP contribution >= 0.6 is 0 Å². The fourth-order valence-electron chi connectivity index (χ4n) is 4.47. The molecule has 0 saturated carbocycles. The first-order valence-corrected chi connectivity index (χ1v) is 12.4. The van der Waals surface area contributed by atoms with Gasteiger partial charge in [-0.2, -0.15) is 4.31 Å². The van der Waals surface area contributed by atoms with Crippen molar-refractivity contribution >= 4 is 27.3 Å². The lowest BCUT2D eigenvalue weighted by Gasteiger charge is -2.31. The Hall–Kier alpha value is -2.72. The minimum absolute atomic E-state index is 0.00506. The number of fused-ring (bicyclic) bond motifs is 1. The maximum Gasteiger partial charge on any atom is 0.246 e. The van der Waals surface area contributed by atoms with Crippen LogP contribution in [0.4, 0.5) is 20.2 Å². The number of piperidine rings is 1. The van der Waals surface area contributed by atoms with E-state index in [1.165, 1.54) is 29.6 Å². The molecule has 2 aromatic rings. The average Bonchev–Trinajstić information content (AvgIpc) is 2.79. The van der Waals surface area contributed by atoms with Crippen LogP contribution in [0.2, 0.25) is 0 Å². The fourth-order valence-corrected chi connectivity index (χ4v) is 6.17. The summed E-state index contributed by atoms with van der Waals surface area (Å²) in [6, 6.07) is 6.57. The van der Waals surface area contributed by atoms with Crippen LogP contribution in [0, 0.1) is 11.6 Å². The van der Waals surface area contributed by atoms with Crippen molar-refractivity contribution in [2.45, 2.75) is 37.0 Å². The Morgan fingerprint density at radius 1 is 1.06 bits per heavy atom. The number of nitrogens with one attached hydrogen (secondary N) is 1. The van der Waals surface area contributed by atoms with Gasteiger partial charge in [0.1, 0.15) is 22.3 Å². The number of carbonyl (C=O) groups excluding carboxylic acids is 1. The normalized spacial score (nSPS) is 16.9. The Balaban J connectivity index is 1.53. The Labute approximate surface area is 192 Å². The molecule has 10 heteroatoms. The number of anilines is 2. The number of hydrogen-bond donors (Lipinski definition) is 1. The highest BCUT2D eigenvalue weighted by atomic mass is 32.2. The largest absolute Gasteiger partial charge is 0.495 e. The third kappa shape index (κ3) is 4.96. The highest BCUT2D eigenvalue weighted by Crippen LogP contribution is 2.32. The standard InChI is InChI=1S/C23H27F2N3O4S/c1-32-20-8-7-18(14-21(20)33(30,31)28-10-3-2-4-11-28)26-22(29)15-27-9-5-6-16-12-17(24)13-19(25)23(16)27/h7-8,12-14H,2-6,9-11,15H2,1H3,(H,26,29). The van der Waals surface area contributed by atoms with Crippen molar-refractivity contribution in [1.29, 1.82) is 0 Å². The number of ether oxygens (including phenoxy) is 1. The van der Waals surface area contributed by atoms with Gasteiger partial charge >= 0.3 is 0 Å². The molecule has 178 valence electrons. The minimum atomic E-state index is -3.78. The number of amides is 1. The minimum Gasteiger partial charge on any atom is -0.495 e. The summed E-state index contributed by atoms with van der Waals surface area (Å²) in [6.07, 6.45) is 3.81. The first kappa shape index (κ1) is 23.4. The second kappa shape index (κ2) is 9.64. The molecule has 1 saturated heterocycles. The van der Waals surface area contributed by atoms with Gasteiger partial charge in [-0.1, -0.05) is 6.42 Å². The van der Waals surface area contributed by atoms with Crippen LogP contribution in [0.25, 0.3) is 0 Å². The van der Waals surface area contributed by atoms with Crippen LogP contribution in [0.3, 0.4) is 0 Å². The predicted octanol–water partition coefficient (Wildman–Crippen LogP) is 3.54. The highest BCUT2D eigenvalue weighted by Gasteiger charge is 2.30. The average molecular weight is 480 g/mol. The van der Waals surface area contributed by atoms with Crippen molar-refractivity contribution < 1.29 is 26.7 Å². The van der Waals surface area contributed by atoms with Gasteiger partial charge in [-0.15, -0.1) is 0 Å². The quantitative estimate of drug-likeness (QED) is 0.686. The zero-order chi connectivity index (χ0) is 23.6. The van der Waals surface area contributed by atoms with Crippen LogP contribution in [-0.2, 0) is 21.2 Å². The molecule has 33 heavy (non-hydrogen) atoms. The van der Waals surface area contributed by atoms with Crippen molar-refractivity contribution in [1.82, 2.24) is 4.31 Å². The van der Waals surface area contributed by atoms with E-state index >= 15 is 0 Å². The second-order valence-electron chi connectivity index (χ2n) is 8.30. The maximum atomic E-state index is 14.4. The monoisotopic (exact) mass is 479 g/mol. The lowest BCUT2D eigenvalue weighted by atomic mass is 10.0. The van der Waals surface area contributed by atoms with E-state index in [1.54, 1.807) is 11.0 Å². The predicted molar refractivity (Wildman–Crippen MR) is 121 cm³/mol. The molecule has 2 aliphatic rings. The van der Waals surface area contributed by atoms with Gasteiger partial charge in [0.15, 0.2) is 0 Å². The fraction of sp³-hybridized carbons (Fsp3) is 0.435. The molecular weight excluding hydrogens is 452 g/mol. The molecule has 1 N–H and O–H groups in total. The summed E-state index contributed by atoms with van der Waals surface area (Å²) in [5.41, 5.74) is 1.07. The molecule has 0 bridgehead atoms. The zero-order valence-electron chi connectivity index (χ0n) is 18.4. The first-order chi connectivity index (χ1) is 15.8. The number of halogens is 2. The molecule has 4 rings (SSSR count). The third-order valence-electron chi connectivity index (χ3n) is 6.01. The molecular formula is C23H27F2N3O4S. The third-order valence-corrected chi connectivity index (χ3v) is 7.93. The van der Waals surface area contributed by atoms with Gasteiger partial charge in [0.25, 0.3) is 0 Å². The van der Waals surface area contributed by atoms with E-state index in [1.807, 2.05) is 0 Å². The van der Waals surface area contributed by atoms with Crippen LogP contribution in [0.1, 0.15) is 31.2 Å². The lowest BCUT2D eigenvalue weighted by molar-refractivity contribution is -0.115. The van der Waals surface area contributed by atoms with Crippen LogP contribution in [-0.4, -0.2) is 51.9 Å². The first-order valence-electron chi connectivity index (χ1n) is 11.0. The lowest BCUT2D eigenvalue weighted by Crippen LogP contribution is -2.37. The molecule has 7 nitrogen and oxygen atoms in total. The number of hydrogen-bond acceptors (Lipinski definition) is 5. The molecule has 0 spiro atoms. The summed E-state index contributed by atoms with van der Waals surface area (Å²) in [4.78, 5) is 14.3. The second-order valence-corrected chi connectivity index (χ2v) is 10.2.